The Morgan fingerprint density at radius 3 is 1.38 bits per heavy atom. The zero-order valence-electron chi connectivity index (χ0n) is 33.0. The van der Waals surface area contributed by atoms with Gasteiger partial charge >= 0.3 is 0 Å². The third-order valence-corrected chi connectivity index (χ3v) is 11.1. The highest BCUT2D eigenvalue weighted by molar-refractivity contribution is 5.73. The van der Waals surface area contributed by atoms with Crippen molar-refractivity contribution in [2.45, 2.75) is 174 Å². The molecular weight excluding hydrogens is 836 g/mol. The van der Waals surface area contributed by atoms with Gasteiger partial charge in [0.05, 0.1) is 32.5 Å². The molecule has 5 aliphatic heterocycles. The highest BCUT2D eigenvalue weighted by Crippen LogP contribution is 2.35. The van der Waals surface area contributed by atoms with E-state index in [1.165, 1.54) is 6.92 Å². The molecule has 5 heterocycles. The van der Waals surface area contributed by atoms with E-state index in [0.717, 1.165) is 13.8 Å². The normalized spacial score (nSPS) is 49.6. The van der Waals surface area contributed by atoms with E-state index in [-0.39, 0.29) is 0 Å². The number of hydrogen-bond acceptors (Lipinski definition) is 25. The lowest BCUT2D eigenvalue weighted by atomic mass is 9.94. The van der Waals surface area contributed by atoms with Crippen LogP contribution in [0.25, 0.3) is 0 Å². The topological polar surface area (TPSA) is 424 Å². The molecule has 0 aromatic rings. The predicted octanol–water partition coefficient (Wildman–Crippen LogP) is -10.6. The molecule has 27 heteroatoms. The molecule has 0 aliphatic carbocycles. The molecule has 27 nitrogen and oxygen atoms in total. The van der Waals surface area contributed by atoms with Crippen LogP contribution in [-0.2, 0) is 52.2 Å². The standard InChI is InChI=1S/C34H58N2O25/c1-8-17(42)21(46)24(49)32(54-8)59-27-13(6-39)58-31(16(36-10(3)41)29(27)61-34-26(51)23(48)19(44)12(5-38)57-34)53-7-14-20(45)28(15(30(52)55-14)35-9(2)40)60-33-25(50)22(47)18(43)11(4-37)56-33/h8,11-34,37-39,42-52H,4-7H2,1-3H3,(H,35,40)(H,36,41)/t8-,11+,12+,13+,14+,15+,16+,17+,18-,19-,20-,21+,22-,23-,24-,25+,26+,27+,28+,29+,30-,31+,32-,33-,34-/m0/s1. The quantitative estimate of drug-likeness (QED) is 0.0770. The molecule has 0 saturated carbocycles. The van der Waals surface area contributed by atoms with Crippen LogP contribution in [-0.4, -0.2) is 263 Å². The van der Waals surface area contributed by atoms with Crippen molar-refractivity contribution in [3.8, 4) is 0 Å². The molecule has 0 unspecified atom stereocenters. The van der Waals surface area contributed by atoms with E-state index in [1.807, 2.05) is 0 Å². The minimum absolute atomic E-state index is 0.741. The maximum absolute atomic E-state index is 12.7. The number of hydrogen-bond donors (Lipinski definition) is 16. The fourth-order valence-electron chi connectivity index (χ4n) is 7.67. The highest BCUT2D eigenvalue weighted by Gasteiger charge is 2.56. The molecule has 5 fully saturated rings. The molecule has 0 bridgehead atoms. The van der Waals surface area contributed by atoms with Gasteiger partial charge in [0.2, 0.25) is 11.8 Å². The van der Waals surface area contributed by atoms with Crippen molar-refractivity contribution in [1.82, 2.24) is 10.6 Å². The van der Waals surface area contributed by atoms with Crippen molar-refractivity contribution >= 4 is 11.8 Å². The molecule has 0 spiro atoms. The zero-order chi connectivity index (χ0) is 45.2. The Hall–Kier alpha value is -1.98. The number of carbonyl (C=O) groups excluding carboxylic acids is 2. The first-order valence-corrected chi connectivity index (χ1v) is 19.4. The summed E-state index contributed by atoms with van der Waals surface area (Å²) < 4.78 is 51.8. The van der Waals surface area contributed by atoms with E-state index in [1.54, 1.807) is 0 Å². The van der Waals surface area contributed by atoms with E-state index in [9.17, 15) is 81.1 Å². The van der Waals surface area contributed by atoms with E-state index in [0.29, 0.717) is 0 Å². The lowest BCUT2D eigenvalue weighted by Gasteiger charge is -2.50. The lowest BCUT2D eigenvalue weighted by molar-refractivity contribution is -0.376. The van der Waals surface area contributed by atoms with Crippen molar-refractivity contribution in [1.29, 1.82) is 0 Å². The van der Waals surface area contributed by atoms with E-state index >= 15 is 0 Å². The number of rotatable bonds is 14. The first-order chi connectivity index (χ1) is 28.7. The van der Waals surface area contributed by atoms with Gasteiger partial charge in [0.15, 0.2) is 31.5 Å². The van der Waals surface area contributed by atoms with Gasteiger partial charge in [0.25, 0.3) is 0 Å². The van der Waals surface area contributed by atoms with Gasteiger partial charge in [0, 0.05) is 13.8 Å². The molecule has 61 heavy (non-hydrogen) atoms. The maximum Gasteiger partial charge on any atom is 0.217 e. The van der Waals surface area contributed by atoms with Crippen molar-refractivity contribution in [3.05, 3.63) is 0 Å². The van der Waals surface area contributed by atoms with E-state index in [4.69, 9.17) is 42.6 Å². The molecule has 25 atom stereocenters. The Kier molecular flexibility index (Phi) is 17.5. The highest BCUT2D eigenvalue weighted by atomic mass is 16.8. The number of aliphatic hydroxyl groups excluding tert-OH is 14. The summed E-state index contributed by atoms with van der Waals surface area (Å²) in [7, 11) is 0. The smallest absolute Gasteiger partial charge is 0.217 e. The molecule has 0 aromatic heterocycles. The average molecular weight is 895 g/mol. The van der Waals surface area contributed by atoms with Crippen molar-refractivity contribution in [3.63, 3.8) is 0 Å². The van der Waals surface area contributed by atoms with Gasteiger partial charge in [-0.3, -0.25) is 9.59 Å². The molecule has 354 valence electrons. The lowest BCUT2D eigenvalue weighted by Crippen LogP contribution is -2.70. The summed E-state index contributed by atoms with van der Waals surface area (Å²) in [4.78, 5) is 24.8. The third-order valence-electron chi connectivity index (χ3n) is 11.1. The van der Waals surface area contributed by atoms with Gasteiger partial charge in [-0.25, -0.2) is 0 Å². The van der Waals surface area contributed by atoms with E-state index in [2.05, 4.69) is 10.6 Å². The monoisotopic (exact) mass is 894 g/mol. The Morgan fingerprint density at radius 1 is 0.459 bits per heavy atom. The summed E-state index contributed by atoms with van der Waals surface area (Å²) in [5, 5.41) is 152. The van der Waals surface area contributed by atoms with Gasteiger partial charge in [0.1, 0.15) is 116 Å². The number of ether oxygens (including phenoxy) is 9. The Balaban J connectivity index is 1.44. The van der Waals surface area contributed by atoms with Crippen LogP contribution in [0.1, 0.15) is 20.8 Å². The van der Waals surface area contributed by atoms with Gasteiger partial charge in [-0.05, 0) is 6.92 Å². The molecule has 5 saturated heterocycles. The molecule has 0 radical (unpaired) electrons. The predicted molar refractivity (Wildman–Crippen MR) is 188 cm³/mol. The minimum atomic E-state index is -2.04. The molecule has 5 aliphatic rings. The Labute approximate surface area is 346 Å². The van der Waals surface area contributed by atoms with E-state index < -0.39 is 192 Å². The molecule has 0 aromatic carbocycles. The average Bonchev–Trinajstić information content (AvgIpc) is 3.22. The molecule has 2 amide bonds. The fraction of sp³-hybridized carbons (Fsp3) is 0.941. The number of aliphatic hydroxyl groups is 14. The number of carbonyl (C=O) groups is 2. The fourth-order valence-corrected chi connectivity index (χ4v) is 7.67. The summed E-state index contributed by atoms with van der Waals surface area (Å²) in [5.74, 6) is -1.53. The summed E-state index contributed by atoms with van der Waals surface area (Å²) >= 11 is 0. The molecule has 5 rings (SSSR count). The summed E-state index contributed by atoms with van der Waals surface area (Å²) in [6.45, 7) is -0.0137. The van der Waals surface area contributed by atoms with Crippen LogP contribution in [0, 0.1) is 0 Å². The van der Waals surface area contributed by atoms with Gasteiger partial charge in [-0.1, -0.05) is 0 Å². The Morgan fingerprint density at radius 2 is 0.885 bits per heavy atom. The largest absolute Gasteiger partial charge is 0.394 e. The van der Waals surface area contributed by atoms with Gasteiger partial charge < -0.3 is 125 Å². The van der Waals surface area contributed by atoms with Crippen molar-refractivity contribution < 1.29 is 124 Å². The summed E-state index contributed by atoms with van der Waals surface area (Å²) in [6.07, 6.45) is -40.6. The van der Waals surface area contributed by atoms with Crippen LogP contribution in [0.3, 0.4) is 0 Å². The molecule has 16 N–H and O–H groups in total. The second kappa shape index (κ2) is 21.3. The number of amides is 2. The van der Waals surface area contributed by atoms with Crippen LogP contribution < -0.4 is 10.6 Å². The summed E-state index contributed by atoms with van der Waals surface area (Å²) in [5.41, 5.74) is 0. The maximum atomic E-state index is 12.7. The van der Waals surface area contributed by atoms with Gasteiger partial charge in [-0.2, -0.15) is 0 Å². The third kappa shape index (κ3) is 10.9. The van der Waals surface area contributed by atoms with Crippen LogP contribution in [0.5, 0.6) is 0 Å². The van der Waals surface area contributed by atoms with Crippen molar-refractivity contribution in [2.24, 2.45) is 0 Å². The van der Waals surface area contributed by atoms with Crippen LogP contribution in [0.4, 0.5) is 0 Å². The van der Waals surface area contributed by atoms with Crippen molar-refractivity contribution in [2.75, 3.05) is 26.4 Å². The number of nitrogens with one attached hydrogen (secondary N) is 2. The first kappa shape index (κ1) is 50.0. The van der Waals surface area contributed by atoms with Gasteiger partial charge in [-0.15, -0.1) is 0 Å². The summed E-state index contributed by atoms with van der Waals surface area (Å²) in [6, 6.07) is -3.22. The SMILES string of the molecule is CC(=O)N[C@@H]1[C@@H](O[C@@H]2O[C@H](CO)[C@H](O)[C@H](O)[C@H]2O)[C@@H](O)[C@@H](CO[C@@H]2O[C@H](CO)[C@@H](O[C@@H]3O[C@@H](C)[C@@H](O)[C@@H](O)[C@@H]3O)[C@H](O[C@@H]3O[C@H](CO)[C@H](O)[C@H](O)[C@H]3O)[C@H]2NC(C)=O)O[C@@H]1O. The zero-order valence-corrected chi connectivity index (χ0v) is 33.0. The second-order valence-electron chi connectivity index (χ2n) is 15.4. The van der Waals surface area contributed by atoms with Crippen LogP contribution in [0.15, 0.2) is 0 Å². The Bertz CT molecular complexity index is 1420. The second-order valence-corrected chi connectivity index (χ2v) is 15.4. The minimum Gasteiger partial charge on any atom is -0.394 e. The van der Waals surface area contributed by atoms with Crippen LogP contribution in [0.2, 0.25) is 0 Å². The molecular formula is C34H58N2O25. The van der Waals surface area contributed by atoms with Crippen LogP contribution >= 0.6 is 0 Å². The first-order valence-electron chi connectivity index (χ1n) is 19.4.